The van der Waals surface area contributed by atoms with Crippen molar-refractivity contribution >= 4 is 0 Å². The maximum Gasteiger partial charge on any atom is 0.124 e. The first kappa shape index (κ1) is 11.5. The van der Waals surface area contributed by atoms with Crippen molar-refractivity contribution in [2.45, 2.75) is 45.1 Å². The number of rotatable bonds is 4. The minimum atomic E-state index is 0.128. The van der Waals surface area contributed by atoms with E-state index in [9.17, 15) is 0 Å². The molecule has 1 aromatic rings. The zero-order valence-electron chi connectivity index (χ0n) is 10.5. The van der Waals surface area contributed by atoms with E-state index in [4.69, 9.17) is 10.5 Å². The van der Waals surface area contributed by atoms with Crippen LogP contribution in [0.4, 0.5) is 0 Å². The Bertz CT molecular complexity index is 394. The fourth-order valence-electron chi connectivity index (χ4n) is 2.31. The van der Waals surface area contributed by atoms with E-state index in [1.165, 1.54) is 29.5 Å². The second-order valence-corrected chi connectivity index (χ2v) is 5.14. The molecule has 2 nitrogen and oxygen atoms in total. The summed E-state index contributed by atoms with van der Waals surface area (Å²) in [6.07, 6.45) is 4.47. The van der Waals surface area contributed by atoms with Gasteiger partial charge in [-0.1, -0.05) is 17.7 Å². The van der Waals surface area contributed by atoms with Gasteiger partial charge in [0.25, 0.3) is 0 Å². The number of hydrogen-bond acceptors (Lipinski definition) is 2. The SMILES string of the molecule is COc1c(C)cc(C)cc1CCC1(N)CC1. The Morgan fingerprint density at radius 3 is 2.56 bits per heavy atom. The summed E-state index contributed by atoms with van der Waals surface area (Å²) < 4.78 is 5.48. The average molecular weight is 219 g/mol. The van der Waals surface area contributed by atoms with Crippen molar-refractivity contribution in [2.75, 3.05) is 7.11 Å². The van der Waals surface area contributed by atoms with E-state index in [1.807, 2.05) is 0 Å². The topological polar surface area (TPSA) is 35.2 Å². The predicted octanol–water partition coefficient (Wildman–Crippen LogP) is 2.74. The molecular formula is C14H21NO. The molecule has 88 valence electrons. The minimum absolute atomic E-state index is 0.128. The first-order valence-electron chi connectivity index (χ1n) is 5.97. The van der Waals surface area contributed by atoms with E-state index in [1.54, 1.807) is 7.11 Å². The molecule has 0 heterocycles. The van der Waals surface area contributed by atoms with Gasteiger partial charge >= 0.3 is 0 Å². The largest absolute Gasteiger partial charge is 0.496 e. The van der Waals surface area contributed by atoms with Gasteiger partial charge in [0.1, 0.15) is 5.75 Å². The molecule has 0 atom stereocenters. The summed E-state index contributed by atoms with van der Waals surface area (Å²) in [6, 6.07) is 4.38. The fraction of sp³-hybridized carbons (Fsp3) is 0.571. The van der Waals surface area contributed by atoms with E-state index in [-0.39, 0.29) is 5.54 Å². The molecule has 16 heavy (non-hydrogen) atoms. The molecule has 2 heteroatoms. The van der Waals surface area contributed by atoms with Crippen molar-refractivity contribution in [1.82, 2.24) is 0 Å². The third-order valence-electron chi connectivity index (χ3n) is 3.48. The molecule has 0 bridgehead atoms. The second-order valence-electron chi connectivity index (χ2n) is 5.14. The lowest BCUT2D eigenvalue weighted by Crippen LogP contribution is -2.22. The van der Waals surface area contributed by atoms with E-state index in [0.29, 0.717) is 0 Å². The van der Waals surface area contributed by atoms with Crippen molar-refractivity contribution in [3.8, 4) is 5.75 Å². The van der Waals surface area contributed by atoms with Crippen LogP contribution in [0.15, 0.2) is 12.1 Å². The molecule has 0 spiro atoms. The van der Waals surface area contributed by atoms with E-state index in [0.717, 1.165) is 18.6 Å². The van der Waals surface area contributed by atoms with Gasteiger partial charge in [0.2, 0.25) is 0 Å². The summed E-state index contributed by atoms with van der Waals surface area (Å²) in [5, 5.41) is 0. The standard InChI is InChI=1S/C14H21NO/c1-10-8-11(2)13(16-3)12(9-10)4-5-14(15)6-7-14/h8-9H,4-7,15H2,1-3H3. The quantitative estimate of drug-likeness (QED) is 0.845. The Balaban J connectivity index is 2.17. The average Bonchev–Trinajstić information content (AvgIpc) is 2.94. The molecule has 1 saturated carbocycles. The molecular weight excluding hydrogens is 198 g/mol. The molecule has 0 amide bonds. The van der Waals surface area contributed by atoms with Gasteiger partial charge in [-0.2, -0.15) is 0 Å². The Labute approximate surface area is 97.8 Å². The van der Waals surface area contributed by atoms with E-state index in [2.05, 4.69) is 26.0 Å². The Hall–Kier alpha value is -1.02. The zero-order chi connectivity index (χ0) is 11.8. The number of nitrogens with two attached hydrogens (primary N) is 1. The molecule has 1 aliphatic rings. The number of benzene rings is 1. The third-order valence-corrected chi connectivity index (χ3v) is 3.48. The van der Waals surface area contributed by atoms with Gasteiger partial charge < -0.3 is 10.5 Å². The summed E-state index contributed by atoms with van der Waals surface area (Å²) in [5.41, 5.74) is 10.1. The lowest BCUT2D eigenvalue weighted by atomic mass is 9.99. The lowest BCUT2D eigenvalue weighted by molar-refractivity contribution is 0.404. The Kier molecular flexibility index (Phi) is 2.94. The van der Waals surface area contributed by atoms with Crippen molar-refractivity contribution in [3.05, 3.63) is 28.8 Å². The summed E-state index contributed by atoms with van der Waals surface area (Å²) in [5.74, 6) is 1.04. The van der Waals surface area contributed by atoms with E-state index < -0.39 is 0 Å². The van der Waals surface area contributed by atoms with Crippen molar-refractivity contribution in [1.29, 1.82) is 0 Å². The van der Waals surface area contributed by atoms with Crippen LogP contribution < -0.4 is 10.5 Å². The highest BCUT2D eigenvalue weighted by atomic mass is 16.5. The monoisotopic (exact) mass is 219 g/mol. The molecule has 2 N–H and O–H groups in total. The highest BCUT2D eigenvalue weighted by Gasteiger charge is 2.37. The van der Waals surface area contributed by atoms with Crippen LogP contribution in [0.1, 0.15) is 36.0 Å². The van der Waals surface area contributed by atoms with Crippen LogP contribution >= 0.6 is 0 Å². The maximum atomic E-state index is 6.12. The minimum Gasteiger partial charge on any atom is -0.496 e. The maximum absolute atomic E-state index is 6.12. The number of methoxy groups -OCH3 is 1. The number of hydrogen-bond donors (Lipinski definition) is 1. The van der Waals surface area contributed by atoms with Gasteiger partial charge in [-0.3, -0.25) is 0 Å². The fourth-order valence-corrected chi connectivity index (χ4v) is 2.31. The number of aryl methyl sites for hydroxylation is 3. The van der Waals surface area contributed by atoms with Gasteiger partial charge in [0, 0.05) is 5.54 Å². The molecule has 1 fully saturated rings. The highest BCUT2D eigenvalue weighted by Crippen LogP contribution is 2.38. The first-order valence-corrected chi connectivity index (χ1v) is 5.97. The summed E-state index contributed by atoms with van der Waals surface area (Å²) in [6.45, 7) is 4.23. The van der Waals surface area contributed by atoms with Gasteiger partial charge in [0.05, 0.1) is 7.11 Å². The van der Waals surface area contributed by atoms with Crippen LogP contribution in [-0.2, 0) is 6.42 Å². The first-order chi connectivity index (χ1) is 7.54. The van der Waals surface area contributed by atoms with Crippen molar-refractivity contribution < 1.29 is 4.74 Å². The molecule has 2 rings (SSSR count). The van der Waals surface area contributed by atoms with Gasteiger partial charge in [-0.15, -0.1) is 0 Å². The predicted molar refractivity (Wildman–Crippen MR) is 66.9 cm³/mol. The normalized spacial score (nSPS) is 17.2. The summed E-state index contributed by atoms with van der Waals surface area (Å²) >= 11 is 0. The number of ether oxygens (including phenoxy) is 1. The molecule has 1 aliphatic carbocycles. The second kappa shape index (κ2) is 4.10. The van der Waals surface area contributed by atoms with Crippen molar-refractivity contribution in [2.24, 2.45) is 5.73 Å². The smallest absolute Gasteiger partial charge is 0.124 e. The van der Waals surface area contributed by atoms with Gasteiger partial charge in [0.15, 0.2) is 0 Å². The Morgan fingerprint density at radius 1 is 1.31 bits per heavy atom. The summed E-state index contributed by atoms with van der Waals surface area (Å²) in [4.78, 5) is 0. The van der Waals surface area contributed by atoms with E-state index >= 15 is 0 Å². The van der Waals surface area contributed by atoms with Crippen LogP contribution in [0, 0.1) is 13.8 Å². The van der Waals surface area contributed by atoms with Crippen LogP contribution in [0.25, 0.3) is 0 Å². The van der Waals surface area contributed by atoms with Gasteiger partial charge in [-0.25, -0.2) is 0 Å². The molecule has 0 radical (unpaired) electrons. The van der Waals surface area contributed by atoms with Crippen LogP contribution in [0.5, 0.6) is 5.75 Å². The van der Waals surface area contributed by atoms with Crippen LogP contribution in [0.2, 0.25) is 0 Å². The molecule has 0 saturated heterocycles. The third kappa shape index (κ3) is 2.38. The molecule has 0 aliphatic heterocycles. The van der Waals surface area contributed by atoms with Crippen molar-refractivity contribution in [3.63, 3.8) is 0 Å². The summed E-state index contributed by atoms with van der Waals surface area (Å²) in [7, 11) is 1.75. The molecule has 1 aromatic carbocycles. The molecule has 0 aromatic heterocycles. The highest BCUT2D eigenvalue weighted by molar-refractivity contribution is 5.44. The molecule has 0 unspecified atom stereocenters. The van der Waals surface area contributed by atoms with Crippen LogP contribution in [0.3, 0.4) is 0 Å². The van der Waals surface area contributed by atoms with Gasteiger partial charge in [-0.05, 0) is 50.7 Å². The Morgan fingerprint density at radius 2 is 2.00 bits per heavy atom. The lowest BCUT2D eigenvalue weighted by Gasteiger charge is -2.14. The van der Waals surface area contributed by atoms with Crippen LogP contribution in [-0.4, -0.2) is 12.6 Å². The zero-order valence-corrected chi connectivity index (χ0v) is 10.5.